The Labute approximate surface area is 125 Å². The van der Waals surface area contributed by atoms with Crippen molar-refractivity contribution in [3.05, 3.63) is 33.8 Å². The van der Waals surface area contributed by atoms with E-state index in [1.807, 2.05) is 12.1 Å². The van der Waals surface area contributed by atoms with E-state index in [1.54, 1.807) is 0 Å². The molecule has 1 aliphatic rings. The molecule has 1 aromatic rings. The average Bonchev–Trinajstić information content (AvgIpc) is 2.91. The lowest BCUT2D eigenvalue weighted by molar-refractivity contribution is 0.181. The predicted octanol–water partition coefficient (Wildman–Crippen LogP) is 4.46. The zero-order valence-corrected chi connectivity index (χ0v) is 12.8. The van der Waals surface area contributed by atoms with Gasteiger partial charge in [-0.2, -0.15) is 0 Å². The van der Waals surface area contributed by atoms with Crippen LogP contribution in [0.2, 0.25) is 10.0 Å². The summed E-state index contributed by atoms with van der Waals surface area (Å²) < 4.78 is 5.47. The zero-order chi connectivity index (χ0) is 13.7. The molecule has 0 spiro atoms. The quantitative estimate of drug-likeness (QED) is 0.837. The average molecular weight is 302 g/mol. The van der Waals surface area contributed by atoms with Gasteiger partial charge in [-0.3, -0.25) is 0 Å². The van der Waals surface area contributed by atoms with Crippen LogP contribution in [0.5, 0.6) is 0 Å². The lowest BCUT2D eigenvalue weighted by Crippen LogP contribution is -2.25. The van der Waals surface area contributed by atoms with Crippen molar-refractivity contribution in [1.29, 1.82) is 0 Å². The molecule has 1 N–H and O–H groups in total. The van der Waals surface area contributed by atoms with E-state index < -0.39 is 0 Å². The lowest BCUT2D eigenvalue weighted by Gasteiger charge is -2.23. The molecule has 0 amide bonds. The van der Waals surface area contributed by atoms with Gasteiger partial charge in [0.25, 0.3) is 0 Å². The fourth-order valence-electron chi connectivity index (χ4n) is 2.53. The summed E-state index contributed by atoms with van der Waals surface area (Å²) in [6, 6.07) is 6.13. The van der Waals surface area contributed by atoms with Crippen LogP contribution in [-0.4, -0.2) is 19.8 Å². The van der Waals surface area contributed by atoms with Gasteiger partial charge >= 0.3 is 0 Å². The Morgan fingerprint density at radius 2 is 2.26 bits per heavy atom. The van der Waals surface area contributed by atoms with Gasteiger partial charge in [0.2, 0.25) is 0 Å². The Morgan fingerprint density at radius 1 is 1.42 bits per heavy atom. The van der Waals surface area contributed by atoms with Crippen LogP contribution >= 0.6 is 23.2 Å². The number of hydrogen-bond acceptors (Lipinski definition) is 2. The first-order chi connectivity index (χ1) is 9.22. The first kappa shape index (κ1) is 15.1. The third kappa shape index (κ3) is 4.09. The maximum absolute atomic E-state index is 6.35. The van der Waals surface area contributed by atoms with Gasteiger partial charge in [-0.15, -0.1) is 0 Å². The molecule has 2 unspecified atom stereocenters. The molecule has 0 radical (unpaired) electrons. The summed E-state index contributed by atoms with van der Waals surface area (Å²) in [5, 5.41) is 4.89. The molecule has 1 heterocycles. The Balaban J connectivity index is 2.13. The number of halogens is 2. The van der Waals surface area contributed by atoms with Crippen LogP contribution < -0.4 is 5.32 Å². The van der Waals surface area contributed by atoms with E-state index >= 15 is 0 Å². The Kier molecular flexibility index (Phi) is 5.96. The molecule has 1 aliphatic heterocycles. The van der Waals surface area contributed by atoms with Crippen LogP contribution in [0.15, 0.2) is 18.2 Å². The fourth-order valence-corrected chi connectivity index (χ4v) is 2.97. The molecule has 0 aromatic heterocycles. The number of rotatable bonds is 6. The first-order valence-electron chi connectivity index (χ1n) is 6.97. The minimum Gasteiger partial charge on any atom is -0.381 e. The third-order valence-electron chi connectivity index (χ3n) is 3.59. The summed E-state index contributed by atoms with van der Waals surface area (Å²) >= 11 is 12.5. The number of nitrogens with one attached hydrogen (secondary N) is 1. The Morgan fingerprint density at radius 3 is 2.95 bits per heavy atom. The maximum atomic E-state index is 6.35. The molecule has 1 aromatic carbocycles. The summed E-state index contributed by atoms with van der Waals surface area (Å²) in [7, 11) is 0. The number of hydrogen-bond donors (Lipinski definition) is 1. The molecule has 1 fully saturated rings. The minimum atomic E-state index is 0.262. The second-order valence-electron chi connectivity index (χ2n) is 5.12. The van der Waals surface area contributed by atoms with Crippen molar-refractivity contribution in [3.8, 4) is 0 Å². The molecule has 1 saturated heterocycles. The second-order valence-corrected chi connectivity index (χ2v) is 5.90. The Bertz CT molecular complexity index is 405. The molecule has 2 atom stereocenters. The number of ether oxygens (including phenoxy) is 1. The highest BCUT2D eigenvalue weighted by atomic mass is 35.5. The van der Waals surface area contributed by atoms with E-state index in [4.69, 9.17) is 27.9 Å². The largest absolute Gasteiger partial charge is 0.381 e. The van der Waals surface area contributed by atoms with E-state index in [2.05, 4.69) is 18.3 Å². The van der Waals surface area contributed by atoms with Crippen LogP contribution in [0.3, 0.4) is 0 Å². The first-order valence-corrected chi connectivity index (χ1v) is 7.73. The predicted molar refractivity (Wildman–Crippen MR) is 81.0 cm³/mol. The van der Waals surface area contributed by atoms with Crippen molar-refractivity contribution in [2.75, 3.05) is 19.8 Å². The maximum Gasteiger partial charge on any atom is 0.0640 e. The van der Waals surface area contributed by atoms with E-state index in [-0.39, 0.29) is 6.04 Å². The van der Waals surface area contributed by atoms with Crippen molar-refractivity contribution in [1.82, 2.24) is 5.32 Å². The van der Waals surface area contributed by atoms with Gasteiger partial charge in [-0.05, 0) is 43.4 Å². The monoisotopic (exact) mass is 301 g/mol. The molecule has 2 nitrogen and oxygen atoms in total. The molecule has 106 valence electrons. The highest BCUT2D eigenvalue weighted by Gasteiger charge is 2.23. The summed E-state index contributed by atoms with van der Waals surface area (Å²) in [5.74, 6) is 0.615. The fraction of sp³-hybridized carbons (Fsp3) is 0.600. The molecular weight excluding hydrogens is 281 g/mol. The Hall–Kier alpha value is -0.280. The van der Waals surface area contributed by atoms with E-state index in [9.17, 15) is 0 Å². The van der Waals surface area contributed by atoms with Crippen LogP contribution in [0.25, 0.3) is 0 Å². The summed E-state index contributed by atoms with van der Waals surface area (Å²) in [5.41, 5.74) is 1.11. The van der Waals surface area contributed by atoms with Crippen molar-refractivity contribution < 1.29 is 4.74 Å². The molecule has 4 heteroatoms. The zero-order valence-electron chi connectivity index (χ0n) is 11.3. The van der Waals surface area contributed by atoms with Crippen molar-refractivity contribution in [3.63, 3.8) is 0 Å². The van der Waals surface area contributed by atoms with Crippen LogP contribution in [-0.2, 0) is 4.74 Å². The van der Waals surface area contributed by atoms with Crippen molar-refractivity contribution >= 4 is 23.2 Å². The molecule has 0 aliphatic carbocycles. The molecule has 2 rings (SSSR count). The van der Waals surface area contributed by atoms with Gasteiger partial charge in [0, 0.05) is 19.3 Å². The molecule has 19 heavy (non-hydrogen) atoms. The van der Waals surface area contributed by atoms with Gasteiger partial charge in [-0.1, -0.05) is 42.3 Å². The highest BCUT2D eigenvalue weighted by molar-refractivity contribution is 6.42. The van der Waals surface area contributed by atoms with E-state index in [0.717, 1.165) is 44.6 Å². The highest BCUT2D eigenvalue weighted by Crippen LogP contribution is 2.34. The van der Waals surface area contributed by atoms with Crippen LogP contribution in [0.1, 0.15) is 37.8 Å². The van der Waals surface area contributed by atoms with Crippen molar-refractivity contribution in [2.45, 2.75) is 32.2 Å². The minimum absolute atomic E-state index is 0.262. The molecular formula is C15H21Cl2NO. The SMILES string of the molecule is CCCNC(CC1CCOC1)c1cccc(Cl)c1Cl. The van der Waals surface area contributed by atoms with E-state index in [1.165, 1.54) is 0 Å². The van der Waals surface area contributed by atoms with Gasteiger partial charge in [0.1, 0.15) is 0 Å². The van der Waals surface area contributed by atoms with Crippen LogP contribution in [0.4, 0.5) is 0 Å². The molecule has 0 saturated carbocycles. The smallest absolute Gasteiger partial charge is 0.0640 e. The lowest BCUT2D eigenvalue weighted by atomic mass is 9.94. The summed E-state index contributed by atoms with van der Waals surface area (Å²) in [6.07, 6.45) is 3.30. The van der Waals surface area contributed by atoms with E-state index in [0.29, 0.717) is 16.0 Å². The van der Waals surface area contributed by atoms with Crippen molar-refractivity contribution in [2.24, 2.45) is 5.92 Å². The van der Waals surface area contributed by atoms with Crippen LogP contribution in [0, 0.1) is 5.92 Å². The van der Waals surface area contributed by atoms with Gasteiger partial charge in [-0.25, -0.2) is 0 Å². The molecule has 0 bridgehead atoms. The summed E-state index contributed by atoms with van der Waals surface area (Å²) in [6.45, 7) is 4.90. The van der Waals surface area contributed by atoms with Gasteiger partial charge < -0.3 is 10.1 Å². The van der Waals surface area contributed by atoms with Gasteiger partial charge in [0.15, 0.2) is 0 Å². The summed E-state index contributed by atoms with van der Waals surface area (Å²) in [4.78, 5) is 0. The topological polar surface area (TPSA) is 21.3 Å². The number of benzene rings is 1. The van der Waals surface area contributed by atoms with Gasteiger partial charge in [0.05, 0.1) is 10.0 Å². The standard InChI is InChI=1S/C15H21Cl2NO/c1-2-7-18-14(9-11-6-8-19-10-11)12-4-3-5-13(16)15(12)17/h3-5,11,14,18H,2,6-10H2,1H3. The third-order valence-corrected chi connectivity index (χ3v) is 4.42. The second kappa shape index (κ2) is 7.49. The normalized spacial score (nSPS) is 20.7.